The van der Waals surface area contributed by atoms with Crippen LogP contribution in [0, 0.1) is 6.92 Å². The minimum absolute atomic E-state index is 0.272. The number of aromatic amines is 3. The van der Waals surface area contributed by atoms with E-state index in [1.165, 1.54) is 0 Å². The average Bonchev–Trinajstić information content (AvgIpc) is 2.31. The third kappa shape index (κ3) is 0.777. The van der Waals surface area contributed by atoms with Gasteiger partial charge in [-0.05, 0) is 6.92 Å². The number of H-pyrrole nitrogens is 3. The quantitative estimate of drug-likeness (QED) is 0.480. The second-order valence-electron chi connectivity index (χ2n) is 2.47. The van der Waals surface area contributed by atoms with Gasteiger partial charge in [0.1, 0.15) is 5.39 Å². The highest BCUT2D eigenvalue weighted by Crippen LogP contribution is 2.01. The fourth-order valence-electron chi connectivity index (χ4n) is 1.13. The van der Waals surface area contributed by atoms with E-state index in [0.29, 0.717) is 16.7 Å². The van der Waals surface area contributed by atoms with Crippen LogP contribution in [0.3, 0.4) is 0 Å². The molecule has 12 heavy (non-hydrogen) atoms. The molecule has 0 saturated carbocycles. The molecular weight excluding hydrogens is 160 g/mol. The summed E-state index contributed by atoms with van der Waals surface area (Å²) in [6.07, 6.45) is 0. The predicted molar refractivity (Wildman–Crippen MR) is 42.1 cm³/mol. The molecule has 6 heteroatoms. The van der Waals surface area contributed by atoms with Crippen molar-refractivity contribution in [3.05, 3.63) is 26.5 Å². The van der Waals surface area contributed by atoms with Crippen molar-refractivity contribution < 1.29 is 0 Å². The van der Waals surface area contributed by atoms with E-state index in [9.17, 15) is 9.59 Å². The van der Waals surface area contributed by atoms with Gasteiger partial charge < -0.3 is 4.98 Å². The van der Waals surface area contributed by atoms with Crippen molar-refractivity contribution in [2.45, 2.75) is 6.92 Å². The number of rotatable bonds is 0. The Bertz CT molecular complexity index is 532. The van der Waals surface area contributed by atoms with Gasteiger partial charge in [-0.25, -0.2) is 4.79 Å². The molecule has 2 aromatic heterocycles. The monoisotopic (exact) mass is 166 g/mol. The Morgan fingerprint density at radius 3 is 2.75 bits per heavy atom. The van der Waals surface area contributed by atoms with Crippen LogP contribution in [-0.4, -0.2) is 20.2 Å². The zero-order valence-electron chi connectivity index (χ0n) is 6.26. The minimum atomic E-state index is -0.463. The van der Waals surface area contributed by atoms with Gasteiger partial charge in [0.25, 0.3) is 5.56 Å². The van der Waals surface area contributed by atoms with Crippen LogP contribution in [0.1, 0.15) is 5.69 Å². The van der Waals surface area contributed by atoms with Gasteiger partial charge in [0.2, 0.25) is 0 Å². The first-order valence-electron chi connectivity index (χ1n) is 3.36. The van der Waals surface area contributed by atoms with Gasteiger partial charge in [-0.1, -0.05) is 0 Å². The van der Waals surface area contributed by atoms with Crippen LogP contribution in [0.5, 0.6) is 0 Å². The summed E-state index contributed by atoms with van der Waals surface area (Å²) in [6.45, 7) is 1.65. The molecule has 0 aliphatic heterocycles. The maximum absolute atomic E-state index is 11.1. The Morgan fingerprint density at radius 1 is 1.25 bits per heavy atom. The first-order valence-corrected chi connectivity index (χ1v) is 3.36. The van der Waals surface area contributed by atoms with Crippen molar-refractivity contribution in [2.24, 2.45) is 0 Å². The predicted octanol–water partition coefficient (Wildman–Crippen LogP) is -0.752. The van der Waals surface area contributed by atoms with Gasteiger partial charge in [0, 0.05) is 5.69 Å². The van der Waals surface area contributed by atoms with Crippen molar-refractivity contribution in [2.75, 3.05) is 0 Å². The van der Waals surface area contributed by atoms with E-state index >= 15 is 0 Å². The van der Waals surface area contributed by atoms with Gasteiger partial charge in [0.05, 0.1) is 0 Å². The maximum Gasteiger partial charge on any atom is 0.347 e. The Hall–Kier alpha value is -1.85. The molecule has 2 heterocycles. The van der Waals surface area contributed by atoms with Crippen LogP contribution in [0.25, 0.3) is 11.0 Å². The number of aromatic nitrogens is 4. The van der Waals surface area contributed by atoms with Crippen LogP contribution >= 0.6 is 0 Å². The van der Waals surface area contributed by atoms with E-state index in [0.717, 1.165) is 0 Å². The Labute approximate surface area is 65.6 Å². The lowest BCUT2D eigenvalue weighted by atomic mass is 10.3. The van der Waals surface area contributed by atoms with Crippen LogP contribution in [0.2, 0.25) is 0 Å². The summed E-state index contributed by atoms with van der Waals surface area (Å²) in [4.78, 5) is 27.9. The number of nitrogens with one attached hydrogen (secondary N) is 3. The number of hydrogen-bond acceptors (Lipinski definition) is 3. The lowest BCUT2D eigenvalue weighted by molar-refractivity contribution is 1.03. The van der Waals surface area contributed by atoms with E-state index in [1.54, 1.807) is 6.92 Å². The highest BCUT2D eigenvalue weighted by molar-refractivity contribution is 5.75. The third-order valence-corrected chi connectivity index (χ3v) is 1.64. The Kier molecular flexibility index (Phi) is 1.18. The van der Waals surface area contributed by atoms with Crippen molar-refractivity contribution in [3.8, 4) is 0 Å². The van der Waals surface area contributed by atoms with Crippen molar-refractivity contribution >= 4 is 11.0 Å². The molecule has 0 aliphatic rings. The second-order valence-corrected chi connectivity index (χ2v) is 2.47. The lowest BCUT2D eigenvalue weighted by Gasteiger charge is -1.90. The van der Waals surface area contributed by atoms with Crippen LogP contribution < -0.4 is 11.2 Å². The molecule has 0 spiro atoms. The number of nitrogens with zero attached hydrogens (tertiary/aromatic N) is 1. The molecule has 0 aliphatic carbocycles. The Balaban J connectivity index is 3.13. The lowest BCUT2D eigenvalue weighted by Crippen LogP contribution is -2.13. The summed E-state index contributed by atoms with van der Waals surface area (Å²) >= 11 is 0. The SMILES string of the molecule is Cc1[nH]c(=O)nc2[nH][nH]c(=O)c12. The third-order valence-electron chi connectivity index (χ3n) is 1.64. The summed E-state index contributed by atoms with van der Waals surface area (Å²) in [6, 6.07) is 0. The molecule has 0 aromatic carbocycles. The topological polar surface area (TPSA) is 94.4 Å². The summed E-state index contributed by atoms with van der Waals surface area (Å²) in [5, 5.41) is 5.24. The zero-order valence-corrected chi connectivity index (χ0v) is 6.26. The first-order chi connectivity index (χ1) is 5.68. The normalized spacial score (nSPS) is 10.8. The van der Waals surface area contributed by atoms with Gasteiger partial charge in [-0.2, -0.15) is 4.98 Å². The van der Waals surface area contributed by atoms with Crippen LogP contribution in [-0.2, 0) is 0 Å². The maximum atomic E-state index is 11.1. The smallest absolute Gasteiger partial charge is 0.309 e. The van der Waals surface area contributed by atoms with Gasteiger partial charge in [-0.15, -0.1) is 0 Å². The summed E-state index contributed by atoms with van der Waals surface area (Å²) in [5.41, 5.74) is 0.0789. The van der Waals surface area contributed by atoms with Gasteiger partial charge in [-0.3, -0.25) is 15.0 Å². The molecule has 0 saturated heterocycles. The van der Waals surface area contributed by atoms with Crippen LogP contribution in [0.4, 0.5) is 0 Å². The summed E-state index contributed by atoms with van der Waals surface area (Å²) in [7, 11) is 0. The van der Waals surface area contributed by atoms with Crippen molar-refractivity contribution in [1.82, 2.24) is 20.2 Å². The van der Waals surface area contributed by atoms with E-state index < -0.39 is 5.69 Å². The molecule has 0 bridgehead atoms. The fourth-order valence-corrected chi connectivity index (χ4v) is 1.13. The van der Waals surface area contributed by atoms with Gasteiger partial charge >= 0.3 is 5.69 Å². The fraction of sp³-hybridized carbons (Fsp3) is 0.167. The molecule has 62 valence electrons. The van der Waals surface area contributed by atoms with E-state index in [-0.39, 0.29) is 5.56 Å². The summed E-state index contributed by atoms with van der Waals surface area (Å²) < 4.78 is 0. The van der Waals surface area contributed by atoms with Crippen LogP contribution in [0.15, 0.2) is 9.59 Å². The van der Waals surface area contributed by atoms with E-state index in [2.05, 4.69) is 20.2 Å². The minimum Gasteiger partial charge on any atom is -0.309 e. The molecule has 2 rings (SSSR count). The largest absolute Gasteiger partial charge is 0.347 e. The molecule has 6 nitrogen and oxygen atoms in total. The molecule has 3 N–H and O–H groups in total. The molecule has 2 aromatic rings. The zero-order chi connectivity index (χ0) is 8.72. The molecule has 0 atom stereocenters. The van der Waals surface area contributed by atoms with E-state index in [1.807, 2.05) is 0 Å². The highest BCUT2D eigenvalue weighted by Gasteiger charge is 2.05. The molecule has 0 radical (unpaired) electrons. The molecule has 0 unspecified atom stereocenters. The highest BCUT2D eigenvalue weighted by atomic mass is 16.1. The molecule has 0 amide bonds. The molecular formula is C6H6N4O2. The first kappa shape index (κ1) is 6.84. The van der Waals surface area contributed by atoms with Crippen molar-refractivity contribution in [3.63, 3.8) is 0 Å². The number of fused-ring (bicyclic) bond motifs is 1. The summed E-state index contributed by atoms with van der Waals surface area (Å²) in [5.74, 6) is 0. The Morgan fingerprint density at radius 2 is 2.00 bits per heavy atom. The second kappa shape index (κ2) is 2.07. The average molecular weight is 166 g/mol. The van der Waals surface area contributed by atoms with E-state index in [4.69, 9.17) is 0 Å². The standard InChI is InChI=1S/C6H6N4O2/c1-2-3-4(8-6(12)7-2)9-10-5(3)11/h1H3,(H3,7,8,9,10,11,12). The van der Waals surface area contributed by atoms with Gasteiger partial charge in [0.15, 0.2) is 5.65 Å². The molecule has 0 fully saturated rings. The number of aryl methyl sites for hydroxylation is 1. The number of hydrogen-bond donors (Lipinski definition) is 3. The van der Waals surface area contributed by atoms with Crippen molar-refractivity contribution in [1.29, 1.82) is 0 Å².